The van der Waals surface area contributed by atoms with Crippen molar-refractivity contribution in [3.8, 4) is 0 Å². The van der Waals surface area contributed by atoms with Crippen molar-refractivity contribution >= 4 is 19.5 Å². The molecular weight excluding hydrogens is 448 g/mol. The van der Waals surface area contributed by atoms with Crippen LogP contribution >= 0.6 is 7.60 Å². The monoisotopic (exact) mass is 477 g/mol. The van der Waals surface area contributed by atoms with Gasteiger partial charge in [0.05, 0.1) is 18.6 Å². The molecule has 0 heterocycles. The summed E-state index contributed by atoms with van der Waals surface area (Å²) < 4.78 is 24.8. The molecule has 3 rings (SSSR count). The molecule has 178 valence electrons. The van der Waals surface area contributed by atoms with E-state index in [-0.39, 0.29) is 31.0 Å². The number of hydrogen-bond donors (Lipinski definition) is 3. The summed E-state index contributed by atoms with van der Waals surface area (Å²) in [4.78, 5) is 45.2. The predicted molar refractivity (Wildman–Crippen MR) is 121 cm³/mol. The molecule has 1 saturated carbocycles. The molecule has 9 heteroatoms. The molecule has 0 aliphatic heterocycles. The third-order valence-electron chi connectivity index (χ3n) is 6.00. The lowest BCUT2D eigenvalue weighted by Gasteiger charge is -2.35. The van der Waals surface area contributed by atoms with Gasteiger partial charge in [-0.05, 0) is 41.7 Å². The highest BCUT2D eigenvalue weighted by atomic mass is 31.2. The third kappa shape index (κ3) is 7.49. The summed E-state index contributed by atoms with van der Waals surface area (Å²) in [5.41, 5.74) is 1.73. The van der Waals surface area contributed by atoms with Gasteiger partial charge in [0.1, 0.15) is 5.82 Å². The molecule has 3 N–H and O–H groups in total. The van der Waals surface area contributed by atoms with Crippen LogP contribution in [0.2, 0.25) is 0 Å². The fourth-order valence-electron chi connectivity index (χ4n) is 4.37. The SMILES string of the molecule is O=C(O)CC(c1ccc(F)cc1)N(Cc1ccc(CP(=O)(O)O)cc1)C(=O)C1CCCCC1. The molecule has 1 aliphatic carbocycles. The first-order valence-electron chi connectivity index (χ1n) is 11.0. The molecule has 1 atom stereocenters. The molecule has 1 unspecified atom stereocenters. The van der Waals surface area contributed by atoms with Crippen LogP contribution in [-0.2, 0) is 26.9 Å². The molecule has 33 heavy (non-hydrogen) atoms. The molecule has 0 radical (unpaired) electrons. The predicted octanol–water partition coefficient (Wildman–Crippen LogP) is 4.63. The van der Waals surface area contributed by atoms with Crippen LogP contribution in [0.4, 0.5) is 4.39 Å². The first-order valence-corrected chi connectivity index (χ1v) is 12.8. The van der Waals surface area contributed by atoms with Crippen LogP contribution in [-0.4, -0.2) is 31.7 Å². The second kappa shape index (κ2) is 11.1. The third-order valence-corrected chi connectivity index (χ3v) is 6.78. The Bertz CT molecular complexity index is 999. The Morgan fingerprint density at radius 3 is 2.09 bits per heavy atom. The lowest BCUT2D eigenvalue weighted by molar-refractivity contribution is -0.144. The van der Waals surface area contributed by atoms with E-state index in [9.17, 15) is 33.4 Å². The fraction of sp³-hybridized carbons (Fsp3) is 0.417. The number of carbonyl (C=O) groups is 2. The lowest BCUT2D eigenvalue weighted by atomic mass is 9.87. The second-order valence-electron chi connectivity index (χ2n) is 8.61. The quantitative estimate of drug-likeness (QED) is 0.454. The van der Waals surface area contributed by atoms with Crippen LogP contribution in [0, 0.1) is 11.7 Å². The van der Waals surface area contributed by atoms with Crippen molar-refractivity contribution in [2.45, 2.75) is 57.3 Å². The second-order valence-corrected chi connectivity index (χ2v) is 10.3. The molecule has 1 fully saturated rings. The number of hydrogen-bond acceptors (Lipinski definition) is 3. The molecule has 7 nitrogen and oxygen atoms in total. The fourth-order valence-corrected chi connectivity index (χ4v) is 5.06. The number of aliphatic carboxylic acids is 1. The van der Waals surface area contributed by atoms with Gasteiger partial charge in [0.25, 0.3) is 0 Å². The number of benzene rings is 2. The number of carbonyl (C=O) groups excluding carboxylic acids is 1. The molecule has 0 bridgehead atoms. The highest BCUT2D eigenvalue weighted by Gasteiger charge is 2.33. The number of halogens is 1. The van der Waals surface area contributed by atoms with E-state index in [1.54, 1.807) is 29.2 Å². The van der Waals surface area contributed by atoms with Crippen LogP contribution in [0.1, 0.15) is 61.3 Å². The van der Waals surface area contributed by atoms with Crippen LogP contribution in [0.15, 0.2) is 48.5 Å². The van der Waals surface area contributed by atoms with E-state index >= 15 is 0 Å². The van der Waals surface area contributed by atoms with Gasteiger partial charge in [-0.3, -0.25) is 14.2 Å². The Balaban J connectivity index is 1.93. The van der Waals surface area contributed by atoms with Gasteiger partial charge in [0, 0.05) is 12.5 Å². The van der Waals surface area contributed by atoms with Crippen molar-refractivity contribution in [1.82, 2.24) is 4.90 Å². The minimum atomic E-state index is -4.20. The van der Waals surface area contributed by atoms with Crippen LogP contribution in [0.5, 0.6) is 0 Å². The summed E-state index contributed by atoms with van der Waals surface area (Å²) >= 11 is 0. The Morgan fingerprint density at radius 2 is 1.55 bits per heavy atom. The average molecular weight is 477 g/mol. The number of carboxylic acid groups (broad SMARTS) is 1. The first kappa shape index (κ1) is 25.1. The van der Waals surface area contributed by atoms with Gasteiger partial charge in [0.15, 0.2) is 0 Å². The van der Waals surface area contributed by atoms with Crippen molar-refractivity contribution in [1.29, 1.82) is 0 Å². The molecule has 1 amide bonds. The van der Waals surface area contributed by atoms with Gasteiger partial charge in [-0.15, -0.1) is 0 Å². The summed E-state index contributed by atoms with van der Waals surface area (Å²) in [7, 11) is -4.20. The topological polar surface area (TPSA) is 115 Å². The minimum Gasteiger partial charge on any atom is -0.481 e. The largest absolute Gasteiger partial charge is 0.481 e. The minimum absolute atomic E-state index is 0.121. The average Bonchev–Trinajstić information content (AvgIpc) is 2.77. The van der Waals surface area contributed by atoms with Gasteiger partial charge in [0.2, 0.25) is 5.91 Å². The molecule has 0 spiro atoms. The molecule has 0 saturated heterocycles. The normalized spacial score (nSPS) is 15.7. The zero-order valence-corrected chi connectivity index (χ0v) is 19.2. The zero-order chi connectivity index (χ0) is 24.0. The number of nitrogens with zero attached hydrogens (tertiary/aromatic N) is 1. The van der Waals surface area contributed by atoms with E-state index < -0.39 is 25.4 Å². The van der Waals surface area contributed by atoms with Crippen molar-refractivity contribution in [2.75, 3.05) is 0 Å². The molecule has 0 aromatic heterocycles. The molecule has 2 aromatic rings. The van der Waals surface area contributed by atoms with Gasteiger partial charge >= 0.3 is 13.6 Å². The van der Waals surface area contributed by atoms with E-state index in [4.69, 9.17) is 0 Å². The van der Waals surface area contributed by atoms with E-state index in [2.05, 4.69) is 0 Å². The maximum Gasteiger partial charge on any atom is 0.329 e. The summed E-state index contributed by atoms with van der Waals surface area (Å²) in [6.07, 6.45) is 3.76. The lowest BCUT2D eigenvalue weighted by Crippen LogP contribution is -2.40. The van der Waals surface area contributed by atoms with Crippen molar-refractivity contribution in [3.63, 3.8) is 0 Å². The number of amides is 1. The summed E-state index contributed by atoms with van der Waals surface area (Å²) in [6.45, 7) is 0.140. The maximum atomic E-state index is 13.6. The summed E-state index contributed by atoms with van der Waals surface area (Å²) in [5.74, 6) is -1.82. The molecular formula is C24H29FNO6P. The smallest absolute Gasteiger partial charge is 0.329 e. The molecule has 1 aliphatic rings. The van der Waals surface area contributed by atoms with Gasteiger partial charge in [-0.25, -0.2) is 4.39 Å². The number of rotatable bonds is 9. The van der Waals surface area contributed by atoms with Crippen molar-refractivity contribution in [3.05, 3.63) is 71.0 Å². The van der Waals surface area contributed by atoms with Gasteiger partial charge in [-0.1, -0.05) is 55.7 Å². The zero-order valence-electron chi connectivity index (χ0n) is 18.3. The van der Waals surface area contributed by atoms with Crippen LogP contribution in [0.3, 0.4) is 0 Å². The maximum absolute atomic E-state index is 13.6. The number of carboxylic acids is 1. The van der Waals surface area contributed by atoms with E-state index in [1.807, 2.05) is 0 Å². The van der Waals surface area contributed by atoms with E-state index in [0.29, 0.717) is 16.7 Å². The van der Waals surface area contributed by atoms with Crippen molar-refractivity contribution < 1.29 is 33.4 Å². The summed E-state index contributed by atoms with van der Waals surface area (Å²) in [6, 6.07) is 11.3. The standard InChI is InChI=1S/C24H29FNO6P/c25-21-12-10-19(11-13-21)22(14-23(27)28)26(24(29)20-4-2-1-3-5-20)15-17-6-8-18(9-7-17)16-33(30,31)32/h6-13,20,22H,1-5,14-16H2,(H,27,28)(H2,30,31,32). The highest BCUT2D eigenvalue weighted by molar-refractivity contribution is 7.50. The van der Waals surface area contributed by atoms with E-state index in [0.717, 1.165) is 32.1 Å². The van der Waals surface area contributed by atoms with Gasteiger partial charge < -0.3 is 19.8 Å². The Kier molecular flexibility index (Phi) is 8.40. The highest BCUT2D eigenvalue weighted by Crippen LogP contribution is 2.39. The van der Waals surface area contributed by atoms with E-state index in [1.165, 1.54) is 24.3 Å². The molecule has 2 aromatic carbocycles. The Hall–Kier alpha value is -2.54. The van der Waals surface area contributed by atoms with Crippen LogP contribution < -0.4 is 0 Å². The Morgan fingerprint density at radius 1 is 0.970 bits per heavy atom. The van der Waals surface area contributed by atoms with Gasteiger partial charge in [-0.2, -0.15) is 0 Å². The Labute approximate surface area is 192 Å². The van der Waals surface area contributed by atoms with Crippen molar-refractivity contribution in [2.24, 2.45) is 5.92 Å². The first-order chi connectivity index (χ1) is 15.6. The summed E-state index contributed by atoms with van der Waals surface area (Å²) in [5, 5.41) is 9.57. The van der Waals surface area contributed by atoms with Crippen LogP contribution in [0.25, 0.3) is 0 Å².